The van der Waals surface area contributed by atoms with Gasteiger partial charge in [-0.05, 0) is 12.1 Å². The quantitative estimate of drug-likeness (QED) is 0.630. The van der Waals surface area contributed by atoms with Gasteiger partial charge in [0.05, 0.1) is 22.0 Å². The normalized spacial score (nSPS) is 10.4. The fourth-order valence-electron chi connectivity index (χ4n) is 1.49. The van der Waals surface area contributed by atoms with E-state index in [4.69, 9.17) is 0 Å². The average molecular weight is 312 g/mol. The summed E-state index contributed by atoms with van der Waals surface area (Å²) in [5.74, 6) is -1.74. The van der Waals surface area contributed by atoms with Gasteiger partial charge < -0.3 is 0 Å². The zero-order valence-electron chi connectivity index (χ0n) is 10.2. The van der Waals surface area contributed by atoms with E-state index in [0.29, 0.717) is 11.8 Å². The highest BCUT2D eigenvalue weighted by molar-refractivity contribution is 7.99. The van der Waals surface area contributed by atoms with Crippen LogP contribution < -0.4 is 0 Å². The molecular formula is C12H6F2N2O4S. The summed E-state index contributed by atoms with van der Waals surface area (Å²) in [7, 11) is 0. The molecule has 0 bridgehead atoms. The Kier molecular flexibility index (Phi) is 4.13. The molecule has 108 valence electrons. The van der Waals surface area contributed by atoms with Crippen molar-refractivity contribution in [3.8, 4) is 0 Å². The molecule has 0 aromatic heterocycles. The van der Waals surface area contributed by atoms with Gasteiger partial charge in [-0.15, -0.1) is 0 Å². The highest BCUT2D eigenvalue weighted by Crippen LogP contribution is 2.34. The van der Waals surface area contributed by atoms with Crippen molar-refractivity contribution >= 4 is 23.1 Å². The van der Waals surface area contributed by atoms with E-state index in [2.05, 4.69) is 0 Å². The van der Waals surface area contributed by atoms with Crippen molar-refractivity contribution in [2.45, 2.75) is 9.79 Å². The van der Waals surface area contributed by atoms with Crippen LogP contribution >= 0.6 is 11.8 Å². The number of halogens is 2. The summed E-state index contributed by atoms with van der Waals surface area (Å²) in [6.07, 6.45) is 0. The van der Waals surface area contributed by atoms with E-state index >= 15 is 0 Å². The van der Waals surface area contributed by atoms with Crippen LogP contribution in [0.5, 0.6) is 0 Å². The summed E-state index contributed by atoms with van der Waals surface area (Å²) in [5, 5.41) is 21.0. The Morgan fingerprint density at radius 1 is 0.810 bits per heavy atom. The minimum Gasteiger partial charge on any atom is -0.258 e. The maximum atomic E-state index is 13.7. The Morgan fingerprint density at radius 2 is 1.19 bits per heavy atom. The minimum absolute atomic E-state index is 0.0200. The third kappa shape index (κ3) is 3.31. The molecule has 6 nitrogen and oxygen atoms in total. The second kappa shape index (κ2) is 5.83. The van der Waals surface area contributed by atoms with Crippen LogP contribution in [0, 0.1) is 31.9 Å². The average Bonchev–Trinajstić information content (AvgIpc) is 2.42. The molecule has 0 heterocycles. The first-order chi connectivity index (χ1) is 9.88. The lowest BCUT2D eigenvalue weighted by Crippen LogP contribution is -1.92. The molecular weight excluding hydrogens is 306 g/mol. The second-order valence-corrected chi connectivity index (χ2v) is 4.93. The summed E-state index contributed by atoms with van der Waals surface area (Å²) in [4.78, 5) is 19.4. The van der Waals surface area contributed by atoms with E-state index in [1.807, 2.05) is 0 Å². The van der Waals surface area contributed by atoms with Crippen molar-refractivity contribution in [1.82, 2.24) is 0 Å². The van der Waals surface area contributed by atoms with E-state index < -0.39 is 32.9 Å². The van der Waals surface area contributed by atoms with Gasteiger partial charge in [-0.3, -0.25) is 20.2 Å². The fourth-order valence-corrected chi connectivity index (χ4v) is 2.31. The first kappa shape index (κ1) is 14.9. The molecule has 0 saturated heterocycles. The van der Waals surface area contributed by atoms with Crippen LogP contribution in [0.4, 0.5) is 20.2 Å². The molecule has 0 aliphatic carbocycles. The number of non-ortho nitro benzene ring substituents is 2. The molecule has 2 aromatic rings. The van der Waals surface area contributed by atoms with E-state index in [1.54, 1.807) is 0 Å². The molecule has 0 fully saturated rings. The monoisotopic (exact) mass is 312 g/mol. The van der Waals surface area contributed by atoms with Crippen LogP contribution in [0.2, 0.25) is 0 Å². The van der Waals surface area contributed by atoms with Gasteiger partial charge in [-0.25, -0.2) is 8.78 Å². The summed E-state index contributed by atoms with van der Waals surface area (Å²) < 4.78 is 27.4. The van der Waals surface area contributed by atoms with E-state index in [0.717, 1.165) is 36.4 Å². The summed E-state index contributed by atoms with van der Waals surface area (Å²) in [6, 6.07) is 5.94. The first-order valence-corrected chi connectivity index (χ1v) is 6.26. The minimum atomic E-state index is -0.869. The Morgan fingerprint density at radius 3 is 1.48 bits per heavy atom. The van der Waals surface area contributed by atoms with Gasteiger partial charge in [-0.1, -0.05) is 11.8 Å². The molecule has 9 heteroatoms. The standard InChI is InChI=1S/C12H6F2N2O4S/c13-9-5-7(15(17)18)1-3-11(9)21-12-4-2-8(16(19)20)6-10(12)14/h1-6H. The molecule has 0 spiro atoms. The molecule has 0 unspecified atom stereocenters. The topological polar surface area (TPSA) is 86.3 Å². The lowest BCUT2D eigenvalue weighted by Gasteiger charge is -2.04. The van der Waals surface area contributed by atoms with Crippen LogP contribution in [0.1, 0.15) is 0 Å². The highest BCUT2D eigenvalue weighted by Gasteiger charge is 2.15. The Labute approximate surface area is 120 Å². The molecule has 21 heavy (non-hydrogen) atoms. The number of benzene rings is 2. The fraction of sp³-hybridized carbons (Fsp3) is 0. The Bertz CT molecular complexity index is 678. The van der Waals surface area contributed by atoms with Crippen molar-refractivity contribution in [1.29, 1.82) is 0 Å². The lowest BCUT2D eigenvalue weighted by molar-refractivity contribution is -0.385. The number of nitro benzene ring substituents is 2. The molecule has 0 amide bonds. The van der Waals surface area contributed by atoms with Crippen LogP contribution in [-0.4, -0.2) is 9.85 Å². The predicted molar refractivity (Wildman–Crippen MR) is 70.2 cm³/mol. The van der Waals surface area contributed by atoms with Crippen molar-refractivity contribution in [3.05, 3.63) is 68.3 Å². The van der Waals surface area contributed by atoms with Crippen molar-refractivity contribution in [3.63, 3.8) is 0 Å². The van der Waals surface area contributed by atoms with Gasteiger partial charge >= 0.3 is 0 Å². The maximum absolute atomic E-state index is 13.7. The van der Waals surface area contributed by atoms with Crippen molar-refractivity contribution in [2.24, 2.45) is 0 Å². The van der Waals surface area contributed by atoms with E-state index in [-0.39, 0.29) is 9.79 Å². The molecule has 0 N–H and O–H groups in total. The van der Waals surface area contributed by atoms with E-state index in [9.17, 15) is 29.0 Å². The third-order valence-corrected chi connectivity index (χ3v) is 3.57. The number of hydrogen-bond acceptors (Lipinski definition) is 5. The molecule has 0 saturated carbocycles. The van der Waals surface area contributed by atoms with Crippen molar-refractivity contribution in [2.75, 3.05) is 0 Å². The lowest BCUT2D eigenvalue weighted by atomic mass is 10.3. The Balaban J connectivity index is 2.30. The summed E-state index contributed by atoms with van der Waals surface area (Å²) >= 11 is 0.686. The number of nitro groups is 2. The molecule has 0 radical (unpaired) electrons. The Hall–Kier alpha value is -2.55. The van der Waals surface area contributed by atoms with Gasteiger partial charge in [0.25, 0.3) is 11.4 Å². The molecule has 2 rings (SSSR count). The summed E-state index contributed by atoms with van der Waals surface area (Å²) in [6.45, 7) is 0. The number of nitrogens with zero attached hydrogens (tertiary/aromatic N) is 2. The van der Waals surface area contributed by atoms with Gasteiger partial charge in [0, 0.05) is 21.9 Å². The van der Waals surface area contributed by atoms with Crippen LogP contribution in [0.25, 0.3) is 0 Å². The largest absolute Gasteiger partial charge is 0.272 e. The zero-order valence-corrected chi connectivity index (χ0v) is 11.0. The number of rotatable bonds is 4. The second-order valence-electron chi connectivity index (χ2n) is 3.85. The molecule has 0 aliphatic heterocycles. The summed E-state index contributed by atoms with van der Waals surface area (Å²) in [5.41, 5.74) is -0.831. The van der Waals surface area contributed by atoms with Crippen LogP contribution in [-0.2, 0) is 0 Å². The third-order valence-electron chi connectivity index (χ3n) is 2.47. The molecule has 0 atom stereocenters. The molecule has 0 aliphatic rings. The van der Waals surface area contributed by atoms with Gasteiger partial charge in [0.2, 0.25) is 0 Å². The van der Waals surface area contributed by atoms with Gasteiger partial charge in [-0.2, -0.15) is 0 Å². The van der Waals surface area contributed by atoms with Crippen LogP contribution in [0.3, 0.4) is 0 Å². The maximum Gasteiger partial charge on any atom is 0.272 e. The van der Waals surface area contributed by atoms with Crippen LogP contribution in [0.15, 0.2) is 46.2 Å². The van der Waals surface area contributed by atoms with Gasteiger partial charge in [0.1, 0.15) is 11.6 Å². The van der Waals surface area contributed by atoms with E-state index in [1.165, 1.54) is 0 Å². The smallest absolute Gasteiger partial charge is 0.258 e. The van der Waals surface area contributed by atoms with Gasteiger partial charge in [0.15, 0.2) is 0 Å². The highest BCUT2D eigenvalue weighted by atomic mass is 32.2. The first-order valence-electron chi connectivity index (χ1n) is 5.44. The SMILES string of the molecule is O=[N+]([O-])c1ccc(Sc2ccc([N+](=O)[O-])cc2F)c(F)c1. The number of hydrogen-bond donors (Lipinski definition) is 0. The zero-order chi connectivity index (χ0) is 15.6. The molecule has 2 aromatic carbocycles. The predicted octanol–water partition coefficient (Wildman–Crippen LogP) is 3.93. The van der Waals surface area contributed by atoms with Crippen molar-refractivity contribution < 1.29 is 18.6 Å².